The Morgan fingerprint density at radius 1 is 1.38 bits per heavy atom. The van der Waals surface area contributed by atoms with Crippen molar-refractivity contribution < 1.29 is 9.59 Å². The number of nitriles is 1. The van der Waals surface area contributed by atoms with Crippen LogP contribution in [0.4, 0.5) is 0 Å². The average molecular weight is 349 g/mol. The largest absolute Gasteiger partial charge is 0.289 e. The lowest BCUT2D eigenvalue weighted by Crippen LogP contribution is -2.33. The lowest BCUT2D eigenvalue weighted by atomic mass is 10.1. The fraction of sp³-hybridized carbons (Fsp3) is 0.176. The van der Waals surface area contributed by atoms with Crippen LogP contribution in [-0.2, 0) is 9.59 Å². The van der Waals surface area contributed by atoms with E-state index >= 15 is 0 Å². The highest BCUT2D eigenvalue weighted by Gasteiger charge is 2.34. The number of benzene rings is 1. The van der Waals surface area contributed by atoms with E-state index < -0.39 is 17.7 Å². The summed E-state index contributed by atoms with van der Waals surface area (Å²) in [5.41, 5.74) is 7.45. The van der Waals surface area contributed by atoms with E-state index in [1.165, 1.54) is 6.21 Å². The van der Waals surface area contributed by atoms with Crippen molar-refractivity contribution in [3.05, 3.63) is 47.3 Å². The van der Waals surface area contributed by atoms with E-state index in [0.717, 1.165) is 22.6 Å². The van der Waals surface area contributed by atoms with Gasteiger partial charge in [0.1, 0.15) is 0 Å². The van der Waals surface area contributed by atoms with Gasteiger partial charge < -0.3 is 0 Å². The molecule has 2 amide bonds. The van der Waals surface area contributed by atoms with E-state index in [1.54, 1.807) is 10.8 Å². The van der Waals surface area contributed by atoms with Gasteiger partial charge in [0, 0.05) is 5.56 Å². The number of carbonyl (C=O) groups excluding carboxylic acids is 2. The minimum Gasteiger partial charge on any atom is -0.271 e. The zero-order valence-corrected chi connectivity index (χ0v) is 14.1. The number of para-hydroxylation sites is 1. The first-order valence-electron chi connectivity index (χ1n) is 7.75. The third-order valence-electron chi connectivity index (χ3n) is 3.89. The lowest BCUT2D eigenvalue weighted by Gasteiger charge is -2.03. The average Bonchev–Trinajstić information content (AvgIpc) is 3.16. The van der Waals surface area contributed by atoms with Gasteiger partial charge in [-0.05, 0) is 26.0 Å². The summed E-state index contributed by atoms with van der Waals surface area (Å²) < 4.78 is 1.79. The molecule has 3 rings (SSSR count). The van der Waals surface area contributed by atoms with Gasteiger partial charge >= 0.3 is 0 Å². The van der Waals surface area contributed by atoms with E-state index in [9.17, 15) is 9.59 Å². The van der Waals surface area contributed by atoms with E-state index in [4.69, 9.17) is 5.26 Å². The molecule has 2 aromatic rings. The maximum atomic E-state index is 12.0. The summed E-state index contributed by atoms with van der Waals surface area (Å²) in [4.78, 5) is 23.4. The second-order valence-electron chi connectivity index (χ2n) is 5.57. The number of hydrazone groups is 2. The fourth-order valence-corrected chi connectivity index (χ4v) is 2.55. The SMILES string of the molecule is Cc1nn(-c2ccccc2)c(C)c1/C=N\NC(=O)C1=NNC(=O)[C@@H]1C#N. The number of aromatic nitrogens is 2. The van der Waals surface area contributed by atoms with Crippen molar-refractivity contribution in [1.29, 1.82) is 5.26 Å². The van der Waals surface area contributed by atoms with E-state index in [0.29, 0.717) is 0 Å². The Kier molecular flexibility index (Phi) is 4.57. The molecule has 2 N–H and O–H groups in total. The summed E-state index contributed by atoms with van der Waals surface area (Å²) in [6.45, 7) is 3.73. The third-order valence-corrected chi connectivity index (χ3v) is 3.89. The first-order chi connectivity index (χ1) is 12.5. The van der Waals surface area contributed by atoms with Crippen molar-refractivity contribution >= 4 is 23.7 Å². The zero-order valence-electron chi connectivity index (χ0n) is 14.1. The summed E-state index contributed by atoms with van der Waals surface area (Å²) in [7, 11) is 0. The molecule has 1 aliphatic rings. The molecule has 0 spiro atoms. The number of rotatable bonds is 4. The Morgan fingerprint density at radius 2 is 2.12 bits per heavy atom. The lowest BCUT2D eigenvalue weighted by molar-refractivity contribution is -0.121. The number of hydrogen-bond acceptors (Lipinski definition) is 6. The maximum Gasteiger partial charge on any atom is 0.289 e. The summed E-state index contributed by atoms with van der Waals surface area (Å²) in [6, 6.07) is 11.4. The Hall–Kier alpha value is -3.80. The van der Waals surface area contributed by atoms with Crippen molar-refractivity contribution in [2.75, 3.05) is 0 Å². The normalized spacial score (nSPS) is 16.3. The van der Waals surface area contributed by atoms with Crippen molar-refractivity contribution in [1.82, 2.24) is 20.6 Å². The number of nitrogens with one attached hydrogen (secondary N) is 2. The van der Waals surface area contributed by atoms with Crippen LogP contribution in [0, 0.1) is 31.1 Å². The van der Waals surface area contributed by atoms with Crippen LogP contribution in [0.5, 0.6) is 0 Å². The predicted molar refractivity (Wildman–Crippen MR) is 93.5 cm³/mol. The van der Waals surface area contributed by atoms with Crippen molar-refractivity contribution in [2.24, 2.45) is 16.1 Å². The van der Waals surface area contributed by atoms with E-state index in [-0.39, 0.29) is 5.71 Å². The van der Waals surface area contributed by atoms with Gasteiger partial charge in [0.15, 0.2) is 11.6 Å². The van der Waals surface area contributed by atoms with Crippen LogP contribution in [0.2, 0.25) is 0 Å². The van der Waals surface area contributed by atoms with Gasteiger partial charge in [0.25, 0.3) is 11.8 Å². The van der Waals surface area contributed by atoms with Gasteiger partial charge in [0.05, 0.1) is 29.4 Å². The molecule has 0 radical (unpaired) electrons. The molecule has 9 nitrogen and oxygen atoms in total. The predicted octanol–water partition coefficient (Wildman–Crippen LogP) is 0.565. The molecule has 2 heterocycles. The Balaban J connectivity index is 1.76. The molecule has 130 valence electrons. The summed E-state index contributed by atoms with van der Waals surface area (Å²) in [5, 5.41) is 20.9. The van der Waals surface area contributed by atoms with Gasteiger partial charge in [-0.15, -0.1) is 0 Å². The molecule has 0 aliphatic carbocycles. The molecular formula is C17H15N7O2. The van der Waals surface area contributed by atoms with E-state index in [1.807, 2.05) is 44.2 Å². The monoisotopic (exact) mass is 349 g/mol. The summed E-state index contributed by atoms with van der Waals surface area (Å²) in [6.07, 6.45) is 1.47. The molecule has 1 aromatic heterocycles. The number of amides is 2. The molecule has 1 atom stereocenters. The van der Waals surface area contributed by atoms with Gasteiger partial charge in [-0.1, -0.05) is 18.2 Å². The van der Waals surface area contributed by atoms with Crippen LogP contribution in [-0.4, -0.2) is 33.5 Å². The minimum absolute atomic E-state index is 0.205. The highest BCUT2D eigenvalue weighted by molar-refractivity contribution is 6.45. The van der Waals surface area contributed by atoms with Gasteiger partial charge in [-0.25, -0.2) is 15.5 Å². The number of hydrogen-bond donors (Lipinski definition) is 2. The fourth-order valence-electron chi connectivity index (χ4n) is 2.55. The highest BCUT2D eigenvalue weighted by atomic mass is 16.2. The Labute approximate surface area is 149 Å². The standard InChI is InChI=1S/C17H15N7O2/c1-10-14(11(2)24(23-10)12-6-4-3-5-7-12)9-19-21-17(26)15-13(8-18)16(25)22-20-15/h3-7,9,13H,1-2H3,(H,21,26)(H,22,25)/b19-9-/t13-/m1/s1. The molecule has 0 bridgehead atoms. The van der Waals surface area contributed by atoms with Crippen LogP contribution in [0.15, 0.2) is 40.5 Å². The molecule has 0 saturated heterocycles. The van der Waals surface area contributed by atoms with Crippen molar-refractivity contribution in [3.63, 3.8) is 0 Å². The van der Waals surface area contributed by atoms with Crippen LogP contribution < -0.4 is 10.9 Å². The molecule has 9 heteroatoms. The molecule has 0 unspecified atom stereocenters. The van der Waals surface area contributed by atoms with Crippen LogP contribution in [0.3, 0.4) is 0 Å². The molecule has 26 heavy (non-hydrogen) atoms. The molecule has 1 aromatic carbocycles. The quantitative estimate of drug-likeness (QED) is 0.618. The third kappa shape index (κ3) is 3.08. The molecule has 0 saturated carbocycles. The Morgan fingerprint density at radius 3 is 2.81 bits per heavy atom. The molecule has 1 aliphatic heterocycles. The zero-order chi connectivity index (χ0) is 18.7. The summed E-state index contributed by atoms with van der Waals surface area (Å²) >= 11 is 0. The second kappa shape index (κ2) is 6.98. The number of nitrogens with zero attached hydrogens (tertiary/aromatic N) is 5. The second-order valence-corrected chi connectivity index (χ2v) is 5.57. The maximum absolute atomic E-state index is 12.0. The molecule has 0 fully saturated rings. The van der Waals surface area contributed by atoms with Crippen molar-refractivity contribution in [3.8, 4) is 11.8 Å². The van der Waals surface area contributed by atoms with Crippen molar-refractivity contribution in [2.45, 2.75) is 13.8 Å². The smallest absolute Gasteiger partial charge is 0.271 e. The van der Waals surface area contributed by atoms with Crippen LogP contribution >= 0.6 is 0 Å². The first kappa shape index (κ1) is 17.0. The topological polar surface area (TPSA) is 125 Å². The van der Waals surface area contributed by atoms with E-state index in [2.05, 4.69) is 26.2 Å². The van der Waals surface area contributed by atoms with Crippen LogP contribution in [0.25, 0.3) is 5.69 Å². The van der Waals surface area contributed by atoms with Gasteiger partial charge in [-0.2, -0.15) is 20.6 Å². The minimum atomic E-state index is -1.23. The number of carbonyl (C=O) groups is 2. The molecular weight excluding hydrogens is 334 g/mol. The van der Waals surface area contributed by atoms with Gasteiger partial charge in [0.2, 0.25) is 0 Å². The Bertz CT molecular complexity index is 967. The van der Waals surface area contributed by atoms with Gasteiger partial charge in [-0.3, -0.25) is 9.59 Å². The first-order valence-corrected chi connectivity index (χ1v) is 7.75. The highest BCUT2D eigenvalue weighted by Crippen LogP contribution is 2.16. The van der Waals surface area contributed by atoms with Crippen LogP contribution in [0.1, 0.15) is 17.0 Å². The summed E-state index contributed by atoms with van der Waals surface area (Å²) in [5.74, 6) is -2.57. The number of aryl methyl sites for hydroxylation is 1.